The van der Waals surface area contributed by atoms with Crippen LogP contribution in [0.2, 0.25) is 0 Å². The van der Waals surface area contributed by atoms with Crippen LogP contribution in [0.3, 0.4) is 0 Å². The van der Waals surface area contributed by atoms with Crippen molar-refractivity contribution in [2.75, 3.05) is 18.0 Å². The molecule has 0 radical (unpaired) electrons. The van der Waals surface area contributed by atoms with Gasteiger partial charge < -0.3 is 4.90 Å². The van der Waals surface area contributed by atoms with Gasteiger partial charge in [-0.3, -0.25) is 4.79 Å². The highest BCUT2D eigenvalue weighted by atomic mass is 16.1. The fraction of sp³-hybridized carbons (Fsp3) is 0.286. The highest BCUT2D eigenvalue weighted by Crippen LogP contribution is 2.11. The number of aromatic nitrogens is 1. The van der Waals surface area contributed by atoms with Gasteiger partial charge in [0.2, 0.25) is 0 Å². The van der Waals surface area contributed by atoms with Crippen molar-refractivity contribution in [2.45, 2.75) is 13.8 Å². The molecule has 0 fully saturated rings. The van der Waals surface area contributed by atoms with Crippen LogP contribution in [0.15, 0.2) is 36.6 Å². The first-order chi connectivity index (χ1) is 8.31. The van der Waals surface area contributed by atoms with Crippen molar-refractivity contribution in [3.05, 3.63) is 42.1 Å². The largest absolute Gasteiger partial charge is 0.357 e. The Morgan fingerprint density at radius 2 is 1.94 bits per heavy atom. The number of hydrogen-bond donors (Lipinski definition) is 0. The summed E-state index contributed by atoms with van der Waals surface area (Å²) in [6.07, 6.45) is 9.48. The summed E-state index contributed by atoms with van der Waals surface area (Å²) < 4.78 is 0. The lowest BCUT2D eigenvalue weighted by Gasteiger charge is -2.19. The zero-order valence-electron chi connectivity index (χ0n) is 10.3. The summed E-state index contributed by atoms with van der Waals surface area (Å²) in [5.74, 6) is 0.996. The minimum Gasteiger partial charge on any atom is -0.357 e. The van der Waals surface area contributed by atoms with Crippen molar-refractivity contribution in [3.8, 4) is 0 Å². The number of anilines is 1. The molecule has 0 amide bonds. The van der Waals surface area contributed by atoms with Crippen molar-refractivity contribution in [1.29, 1.82) is 0 Å². The second-order valence-electron chi connectivity index (χ2n) is 3.50. The Labute approximate surface area is 102 Å². The first kappa shape index (κ1) is 13.2. The molecule has 0 saturated carbocycles. The predicted molar refractivity (Wildman–Crippen MR) is 72.0 cm³/mol. The first-order valence-corrected chi connectivity index (χ1v) is 5.81. The predicted octanol–water partition coefficient (Wildman–Crippen LogP) is 2.70. The zero-order valence-corrected chi connectivity index (χ0v) is 10.3. The van der Waals surface area contributed by atoms with Crippen LogP contribution in [-0.4, -0.2) is 24.4 Å². The second-order valence-corrected chi connectivity index (χ2v) is 3.50. The van der Waals surface area contributed by atoms with E-state index in [4.69, 9.17) is 0 Å². The summed E-state index contributed by atoms with van der Waals surface area (Å²) in [6.45, 7) is 6.15. The maximum atomic E-state index is 10.1. The average Bonchev–Trinajstić information content (AvgIpc) is 2.38. The molecule has 1 heterocycles. The SMILES string of the molecule is CCN(CC)c1ccc(/C=C/C=C/C=O)cn1. The van der Waals surface area contributed by atoms with E-state index in [1.165, 1.54) is 6.08 Å². The summed E-state index contributed by atoms with van der Waals surface area (Å²) in [7, 11) is 0. The summed E-state index contributed by atoms with van der Waals surface area (Å²) in [6, 6.07) is 4.03. The van der Waals surface area contributed by atoms with Crippen LogP contribution in [0.5, 0.6) is 0 Å². The second kappa shape index (κ2) is 7.39. The Balaban J connectivity index is 2.70. The number of carbonyl (C=O) groups is 1. The van der Waals surface area contributed by atoms with E-state index in [0.29, 0.717) is 0 Å². The zero-order chi connectivity index (χ0) is 12.5. The molecule has 0 aliphatic rings. The van der Waals surface area contributed by atoms with Gasteiger partial charge in [-0.15, -0.1) is 0 Å². The van der Waals surface area contributed by atoms with Crippen LogP contribution in [-0.2, 0) is 4.79 Å². The molecule has 90 valence electrons. The molecule has 17 heavy (non-hydrogen) atoms. The molecule has 1 aromatic heterocycles. The highest BCUT2D eigenvalue weighted by molar-refractivity contribution is 5.66. The lowest BCUT2D eigenvalue weighted by molar-refractivity contribution is -0.104. The molecule has 3 nitrogen and oxygen atoms in total. The molecule has 1 rings (SSSR count). The summed E-state index contributed by atoms with van der Waals surface area (Å²) in [4.78, 5) is 16.7. The van der Waals surface area contributed by atoms with Crippen molar-refractivity contribution >= 4 is 18.2 Å². The van der Waals surface area contributed by atoms with Gasteiger partial charge in [0, 0.05) is 19.3 Å². The van der Waals surface area contributed by atoms with E-state index >= 15 is 0 Å². The van der Waals surface area contributed by atoms with Crippen LogP contribution in [0.25, 0.3) is 6.08 Å². The van der Waals surface area contributed by atoms with Crippen LogP contribution in [0, 0.1) is 0 Å². The Morgan fingerprint density at radius 1 is 1.18 bits per heavy atom. The van der Waals surface area contributed by atoms with Gasteiger partial charge in [-0.05, 0) is 37.6 Å². The van der Waals surface area contributed by atoms with E-state index in [0.717, 1.165) is 30.8 Å². The fourth-order valence-corrected chi connectivity index (χ4v) is 1.51. The highest BCUT2D eigenvalue weighted by Gasteiger charge is 2.01. The number of aldehydes is 1. The molecule has 0 aliphatic heterocycles. The Bertz CT molecular complexity index is 389. The maximum absolute atomic E-state index is 10.1. The Morgan fingerprint density at radius 3 is 2.47 bits per heavy atom. The molecule has 0 aliphatic carbocycles. The summed E-state index contributed by atoms with van der Waals surface area (Å²) >= 11 is 0. The van der Waals surface area contributed by atoms with Crippen molar-refractivity contribution in [2.24, 2.45) is 0 Å². The summed E-state index contributed by atoms with van der Waals surface area (Å²) in [5, 5.41) is 0. The third-order valence-electron chi connectivity index (χ3n) is 2.45. The molecule has 0 N–H and O–H groups in total. The topological polar surface area (TPSA) is 33.2 Å². The fourth-order valence-electron chi connectivity index (χ4n) is 1.51. The molecule has 0 spiro atoms. The van der Waals surface area contributed by atoms with Gasteiger partial charge >= 0.3 is 0 Å². The molecule has 0 unspecified atom stereocenters. The van der Waals surface area contributed by atoms with Crippen molar-refractivity contribution in [3.63, 3.8) is 0 Å². The van der Waals surface area contributed by atoms with Crippen LogP contribution in [0.4, 0.5) is 5.82 Å². The Kier molecular flexibility index (Phi) is 5.72. The van der Waals surface area contributed by atoms with E-state index in [2.05, 4.69) is 23.7 Å². The van der Waals surface area contributed by atoms with Gasteiger partial charge in [0.1, 0.15) is 12.1 Å². The smallest absolute Gasteiger partial charge is 0.142 e. The minimum absolute atomic E-state index is 0.756. The molecule has 0 aromatic carbocycles. The lowest BCUT2D eigenvalue weighted by atomic mass is 10.2. The van der Waals surface area contributed by atoms with Gasteiger partial charge in [-0.2, -0.15) is 0 Å². The molecule has 1 aromatic rings. The molecular formula is C14H18N2O. The van der Waals surface area contributed by atoms with Crippen molar-refractivity contribution < 1.29 is 4.79 Å². The standard InChI is InChI=1S/C14H18N2O/c1-3-16(4-2)14-10-9-13(12-15-14)8-6-5-7-11-17/h5-12H,3-4H2,1-2H3/b7-5+,8-6+. The van der Waals surface area contributed by atoms with E-state index < -0.39 is 0 Å². The summed E-state index contributed by atoms with van der Waals surface area (Å²) in [5.41, 5.74) is 1.02. The minimum atomic E-state index is 0.756. The molecule has 0 saturated heterocycles. The molecular weight excluding hydrogens is 212 g/mol. The van der Waals surface area contributed by atoms with E-state index in [1.54, 1.807) is 6.08 Å². The van der Waals surface area contributed by atoms with Crippen molar-refractivity contribution in [1.82, 2.24) is 4.98 Å². The quantitative estimate of drug-likeness (QED) is 0.428. The van der Waals surface area contributed by atoms with Gasteiger partial charge in [0.15, 0.2) is 0 Å². The van der Waals surface area contributed by atoms with Crippen LogP contribution < -0.4 is 4.90 Å². The van der Waals surface area contributed by atoms with Gasteiger partial charge in [-0.1, -0.05) is 18.2 Å². The van der Waals surface area contributed by atoms with E-state index in [-0.39, 0.29) is 0 Å². The van der Waals surface area contributed by atoms with Gasteiger partial charge in [-0.25, -0.2) is 4.98 Å². The van der Waals surface area contributed by atoms with Gasteiger partial charge in [0.05, 0.1) is 0 Å². The van der Waals surface area contributed by atoms with Gasteiger partial charge in [0.25, 0.3) is 0 Å². The normalized spacial score (nSPS) is 11.2. The number of allylic oxidation sites excluding steroid dienone is 3. The third kappa shape index (κ3) is 4.23. The number of carbonyl (C=O) groups excluding carboxylic acids is 1. The first-order valence-electron chi connectivity index (χ1n) is 5.81. The lowest BCUT2D eigenvalue weighted by Crippen LogP contribution is -2.22. The van der Waals surface area contributed by atoms with Crippen LogP contribution >= 0.6 is 0 Å². The number of nitrogens with zero attached hydrogens (tertiary/aromatic N) is 2. The van der Waals surface area contributed by atoms with E-state index in [9.17, 15) is 4.79 Å². The molecule has 0 bridgehead atoms. The number of pyridine rings is 1. The van der Waals surface area contributed by atoms with E-state index in [1.807, 2.05) is 30.5 Å². The molecule has 3 heteroatoms. The molecule has 0 atom stereocenters. The average molecular weight is 230 g/mol. The number of hydrogen-bond acceptors (Lipinski definition) is 3. The monoisotopic (exact) mass is 230 g/mol. The third-order valence-corrected chi connectivity index (χ3v) is 2.45. The maximum Gasteiger partial charge on any atom is 0.142 e. The number of rotatable bonds is 6. The van der Waals surface area contributed by atoms with Crippen LogP contribution in [0.1, 0.15) is 19.4 Å². The Hall–Kier alpha value is -1.90.